The van der Waals surface area contributed by atoms with Gasteiger partial charge in [0.2, 0.25) is 5.91 Å². The second-order valence-electron chi connectivity index (χ2n) is 8.87. The van der Waals surface area contributed by atoms with Crippen molar-refractivity contribution in [2.24, 2.45) is 0 Å². The third-order valence-electron chi connectivity index (χ3n) is 7.25. The van der Waals surface area contributed by atoms with Gasteiger partial charge in [0.25, 0.3) is 0 Å². The first-order chi connectivity index (χ1) is 16.6. The number of nitrogens with zero attached hydrogens (tertiary/aromatic N) is 5. The summed E-state index contributed by atoms with van der Waals surface area (Å²) in [6.07, 6.45) is 6.16. The fourth-order valence-corrected chi connectivity index (χ4v) is 5.56. The average molecular weight is 454 g/mol. The van der Waals surface area contributed by atoms with Crippen molar-refractivity contribution in [1.82, 2.24) is 19.9 Å². The Morgan fingerprint density at radius 2 is 2.00 bits per heavy atom. The summed E-state index contributed by atoms with van der Waals surface area (Å²) in [6.45, 7) is 7.05. The summed E-state index contributed by atoms with van der Waals surface area (Å²) < 4.78 is 15.9. The molecule has 6 rings (SSSR count). The van der Waals surface area contributed by atoms with Crippen LogP contribution in [0.2, 0.25) is 0 Å². The Hall–Kier alpha value is -3.87. The van der Waals surface area contributed by atoms with Crippen LogP contribution in [0.3, 0.4) is 0 Å². The Bertz CT molecular complexity index is 1460. The van der Waals surface area contributed by atoms with Crippen molar-refractivity contribution in [3.63, 3.8) is 0 Å². The minimum absolute atomic E-state index is 0.0430. The number of aryl methyl sites for hydroxylation is 1. The van der Waals surface area contributed by atoms with Crippen LogP contribution in [0.15, 0.2) is 61.6 Å². The number of hydrogen-bond acceptors (Lipinski definition) is 5. The Labute approximate surface area is 196 Å². The molecule has 2 atom stereocenters. The molecule has 7 heteroatoms. The molecule has 0 radical (unpaired) electrons. The second-order valence-corrected chi connectivity index (χ2v) is 8.87. The van der Waals surface area contributed by atoms with E-state index < -0.39 is 5.82 Å². The maximum Gasteiger partial charge on any atom is 0.246 e. The number of aromatic nitrogens is 3. The molecule has 0 N–H and O–H groups in total. The number of amides is 1. The highest BCUT2D eigenvalue weighted by Gasteiger charge is 2.49. The lowest BCUT2D eigenvalue weighted by Crippen LogP contribution is -2.63. The zero-order valence-corrected chi connectivity index (χ0v) is 18.9. The quantitative estimate of drug-likeness (QED) is 0.425. The second kappa shape index (κ2) is 7.87. The molecule has 2 aliphatic rings. The van der Waals surface area contributed by atoms with Crippen LogP contribution in [0.4, 0.5) is 10.2 Å². The summed E-state index contributed by atoms with van der Waals surface area (Å²) in [4.78, 5) is 29.5. The molecule has 0 aliphatic carbocycles. The smallest absolute Gasteiger partial charge is 0.246 e. The first kappa shape index (κ1) is 20.7. The van der Waals surface area contributed by atoms with Crippen molar-refractivity contribution in [2.45, 2.75) is 31.8 Å². The standard InChI is InChI=1S/C27H24FN5O/c1-3-16-7-5-8-17-9-6-10-18(23(16)17)25-24(28)26-19(13-29-25)27(31-15-30-26)33-14-21-20(33)11-12-32(21)22(34)4-2/h4-10,13,15,20-21H,2-3,11-12,14H2,1H3/t20-,21-/m1/s1. The van der Waals surface area contributed by atoms with E-state index in [0.29, 0.717) is 30.0 Å². The number of halogens is 1. The molecule has 6 nitrogen and oxygen atoms in total. The van der Waals surface area contributed by atoms with Crippen LogP contribution in [0.1, 0.15) is 18.9 Å². The van der Waals surface area contributed by atoms with Gasteiger partial charge in [0.15, 0.2) is 5.82 Å². The van der Waals surface area contributed by atoms with Gasteiger partial charge in [-0.1, -0.05) is 49.9 Å². The molecular formula is C27H24FN5O. The highest BCUT2D eigenvalue weighted by atomic mass is 19.1. The number of rotatable bonds is 4. The van der Waals surface area contributed by atoms with Crippen LogP contribution < -0.4 is 4.90 Å². The van der Waals surface area contributed by atoms with Crippen LogP contribution in [-0.2, 0) is 11.2 Å². The van der Waals surface area contributed by atoms with Gasteiger partial charge < -0.3 is 9.80 Å². The fourth-order valence-electron chi connectivity index (χ4n) is 5.56. The van der Waals surface area contributed by atoms with Gasteiger partial charge in [-0.15, -0.1) is 0 Å². The first-order valence-corrected chi connectivity index (χ1v) is 11.6. The van der Waals surface area contributed by atoms with E-state index in [1.165, 1.54) is 12.4 Å². The number of pyridine rings is 1. The molecule has 0 bridgehead atoms. The van der Waals surface area contributed by atoms with Gasteiger partial charge in [0.1, 0.15) is 23.4 Å². The lowest BCUT2D eigenvalue weighted by Gasteiger charge is -2.47. The van der Waals surface area contributed by atoms with Gasteiger partial charge in [-0.25, -0.2) is 14.4 Å². The van der Waals surface area contributed by atoms with Crippen molar-refractivity contribution >= 4 is 33.4 Å². The van der Waals surface area contributed by atoms with Crippen LogP contribution in [-0.4, -0.2) is 50.9 Å². The van der Waals surface area contributed by atoms with Crippen LogP contribution in [0, 0.1) is 5.82 Å². The van der Waals surface area contributed by atoms with E-state index in [4.69, 9.17) is 0 Å². The number of fused-ring (bicyclic) bond motifs is 3. The van der Waals surface area contributed by atoms with Gasteiger partial charge in [-0.05, 0) is 35.3 Å². The van der Waals surface area contributed by atoms with Gasteiger partial charge >= 0.3 is 0 Å². The van der Waals surface area contributed by atoms with E-state index in [9.17, 15) is 4.79 Å². The van der Waals surface area contributed by atoms with Crippen molar-refractivity contribution in [2.75, 3.05) is 18.0 Å². The molecule has 4 heterocycles. The normalized spacial score (nSPS) is 19.4. The fraction of sp³-hybridized carbons (Fsp3) is 0.259. The molecule has 0 unspecified atom stereocenters. The summed E-state index contributed by atoms with van der Waals surface area (Å²) in [5.74, 6) is 0.189. The minimum atomic E-state index is -0.438. The van der Waals surface area contributed by atoms with Crippen molar-refractivity contribution in [1.29, 1.82) is 0 Å². The molecule has 2 fully saturated rings. The van der Waals surface area contributed by atoms with E-state index in [1.807, 2.05) is 35.2 Å². The largest absolute Gasteiger partial charge is 0.349 e. The van der Waals surface area contributed by atoms with E-state index in [0.717, 1.165) is 34.7 Å². The van der Waals surface area contributed by atoms with Gasteiger partial charge in [0, 0.05) is 24.8 Å². The third kappa shape index (κ3) is 2.93. The predicted octanol–water partition coefficient (Wildman–Crippen LogP) is 4.52. The number of benzene rings is 2. The molecule has 2 saturated heterocycles. The molecule has 2 aromatic heterocycles. The Kier molecular flexibility index (Phi) is 4.79. The SMILES string of the molecule is C=CC(=O)N1CC[C@@H]2[C@H]1CN2c1ncnc2c(F)c(-c3cccc4cccc(CC)c34)ncc12. The van der Waals surface area contributed by atoms with Gasteiger partial charge in [-0.3, -0.25) is 9.78 Å². The highest BCUT2D eigenvalue weighted by Crippen LogP contribution is 2.40. The average Bonchev–Trinajstić information content (AvgIpc) is 3.19. The Morgan fingerprint density at radius 1 is 1.18 bits per heavy atom. The molecular weight excluding hydrogens is 429 g/mol. The van der Waals surface area contributed by atoms with Crippen LogP contribution in [0.5, 0.6) is 0 Å². The first-order valence-electron chi connectivity index (χ1n) is 11.6. The zero-order valence-electron chi connectivity index (χ0n) is 18.9. The lowest BCUT2D eigenvalue weighted by molar-refractivity contribution is -0.127. The molecule has 2 aromatic carbocycles. The molecule has 2 aliphatic heterocycles. The molecule has 34 heavy (non-hydrogen) atoms. The Morgan fingerprint density at radius 3 is 2.79 bits per heavy atom. The topological polar surface area (TPSA) is 62.2 Å². The summed E-state index contributed by atoms with van der Waals surface area (Å²) >= 11 is 0. The van der Waals surface area contributed by atoms with E-state index in [2.05, 4.69) is 39.4 Å². The van der Waals surface area contributed by atoms with Crippen molar-refractivity contribution in [3.05, 3.63) is 73.0 Å². The molecule has 0 saturated carbocycles. The summed E-state index contributed by atoms with van der Waals surface area (Å²) in [6, 6.07) is 12.3. The summed E-state index contributed by atoms with van der Waals surface area (Å²) in [5, 5.41) is 2.68. The monoisotopic (exact) mass is 453 g/mol. The molecule has 1 amide bonds. The van der Waals surface area contributed by atoms with Gasteiger partial charge in [0.05, 0.1) is 17.5 Å². The Balaban J connectivity index is 1.43. The van der Waals surface area contributed by atoms with E-state index in [1.54, 1.807) is 6.20 Å². The van der Waals surface area contributed by atoms with Gasteiger partial charge in [-0.2, -0.15) is 0 Å². The minimum Gasteiger partial charge on any atom is -0.349 e. The predicted molar refractivity (Wildman–Crippen MR) is 131 cm³/mol. The molecule has 170 valence electrons. The lowest BCUT2D eigenvalue weighted by atomic mass is 9.95. The van der Waals surface area contributed by atoms with Crippen molar-refractivity contribution < 1.29 is 9.18 Å². The number of likely N-dealkylation sites (tertiary alicyclic amines) is 1. The third-order valence-corrected chi connectivity index (χ3v) is 7.25. The summed E-state index contributed by atoms with van der Waals surface area (Å²) in [5.41, 5.74) is 2.49. The number of anilines is 1. The van der Waals surface area contributed by atoms with Crippen molar-refractivity contribution in [3.8, 4) is 11.3 Å². The van der Waals surface area contributed by atoms with E-state index >= 15 is 4.39 Å². The van der Waals surface area contributed by atoms with E-state index in [-0.39, 0.29) is 23.5 Å². The maximum absolute atomic E-state index is 15.9. The maximum atomic E-state index is 15.9. The number of carbonyl (C=O) groups is 1. The zero-order chi connectivity index (χ0) is 23.4. The summed E-state index contributed by atoms with van der Waals surface area (Å²) in [7, 11) is 0. The molecule has 4 aromatic rings. The van der Waals surface area contributed by atoms with Crippen LogP contribution in [0.25, 0.3) is 32.9 Å². The molecule has 0 spiro atoms. The highest BCUT2D eigenvalue weighted by molar-refractivity contribution is 6.00. The number of hydrogen-bond donors (Lipinski definition) is 0. The number of carbonyl (C=O) groups excluding carboxylic acids is 1. The van der Waals surface area contributed by atoms with Crippen LogP contribution >= 0.6 is 0 Å².